The molecule has 6 nitrogen and oxygen atoms in total. The lowest BCUT2D eigenvalue weighted by molar-refractivity contribution is -0.127. The van der Waals surface area contributed by atoms with Gasteiger partial charge in [-0.15, -0.1) is 0 Å². The van der Waals surface area contributed by atoms with Crippen molar-refractivity contribution in [3.05, 3.63) is 18.3 Å². The van der Waals surface area contributed by atoms with Crippen molar-refractivity contribution in [2.24, 2.45) is 5.92 Å². The normalized spacial score (nSPS) is 18.4. The number of nitrogens with zero attached hydrogens (tertiary/aromatic N) is 2. The van der Waals surface area contributed by atoms with Crippen LogP contribution in [0.3, 0.4) is 0 Å². The summed E-state index contributed by atoms with van der Waals surface area (Å²) in [7, 11) is 0. The van der Waals surface area contributed by atoms with Gasteiger partial charge in [0.25, 0.3) is 0 Å². The zero-order chi connectivity index (χ0) is 16.3. The molecule has 0 bridgehead atoms. The summed E-state index contributed by atoms with van der Waals surface area (Å²) in [5, 5.41) is 2.76. The maximum absolute atomic E-state index is 12.9. The summed E-state index contributed by atoms with van der Waals surface area (Å²) in [6.07, 6.45) is 2.10. The highest BCUT2D eigenvalue weighted by atomic mass is 16.5. The summed E-state index contributed by atoms with van der Waals surface area (Å²) >= 11 is 0. The lowest BCUT2D eigenvalue weighted by atomic mass is 10.0. The third-order valence-corrected chi connectivity index (χ3v) is 3.44. The number of amides is 2. The molecule has 1 aromatic heterocycles. The van der Waals surface area contributed by atoms with Crippen LogP contribution >= 0.6 is 0 Å². The van der Waals surface area contributed by atoms with E-state index in [0.717, 1.165) is 0 Å². The lowest BCUT2D eigenvalue weighted by Crippen LogP contribution is -2.52. The summed E-state index contributed by atoms with van der Waals surface area (Å²) in [4.78, 5) is 30.2. The fraction of sp³-hybridized carbons (Fsp3) is 0.562. The summed E-state index contributed by atoms with van der Waals surface area (Å²) in [5.74, 6) is 0.438. The smallest absolute Gasteiger partial charge is 0.249 e. The summed E-state index contributed by atoms with van der Waals surface area (Å²) < 4.78 is 5.66. The van der Waals surface area contributed by atoms with Crippen LogP contribution in [-0.2, 0) is 9.59 Å². The van der Waals surface area contributed by atoms with Crippen molar-refractivity contribution in [2.45, 2.75) is 46.3 Å². The molecule has 1 aliphatic rings. The average Bonchev–Trinajstić information content (AvgIpc) is 2.43. The molecule has 0 spiro atoms. The Morgan fingerprint density at radius 2 is 2.23 bits per heavy atom. The number of hydrogen-bond donors (Lipinski definition) is 1. The van der Waals surface area contributed by atoms with Gasteiger partial charge in [0.05, 0.1) is 6.54 Å². The number of nitrogens with one attached hydrogen (secondary N) is 1. The van der Waals surface area contributed by atoms with E-state index in [4.69, 9.17) is 4.74 Å². The van der Waals surface area contributed by atoms with Crippen LogP contribution in [0.4, 0.5) is 5.69 Å². The van der Waals surface area contributed by atoms with Crippen LogP contribution in [-0.4, -0.2) is 35.5 Å². The molecular formula is C16H23N3O3. The van der Waals surface area contributed by atoms with E-state index in [-0.39, 0.29) is 17.9 Å². The molecule has 0 unspecified atom stereocenters. The highest BCUT2D eigenvalue weighted by molar-refractivity contribution is 6.00. The van der Waals surface area contributed by atoms with Crippen LogP contribution in [0.15, 0.2) is 18.3 Å². The van der Waals surface area contributed by atoms with Crippen molar-refractivity contribution in [1.82, 2.24) is 10.3 Å². The van der Waals surface area contributed by atoms with Gasteiger partial charge < -0.3 is 15.0 Å². The Morgan fingerprint density at radius 1 is 1.50 bits per heavy atom. The molecule has 2 heterocycles. The first-order valence-electron chi connectivity index (χ1n) is 7.58. The molecule has 0 saturated heterocycles. The first-order chi connectivity index (χ1) is 10.4. The summed E-state index contributed by atoms with van der Waals surface area (Å²) in [6, 6.07) is 3.05. The number of carbonyl (C=O) groups excluding carboxylic acids is 2. The highest BCUT2D eigenvalue weighted by Gasteiger charge is 2.33. The van der Waals surface area contributed by atoms with E-state index in [1.165, 1.54) is 6.92 Å². The SMILES string of the molecule is CC(=O)N[C@@H](CC(C)C)C(=O)N1C[C@@H](C)Oc2ncccc21. The standard InChI is InChI=1S/C16H23N3O3/c1-10(2)8-13(18-12(4)20)16(21)19-9-11(3)22-15-14(19)6-5-7-17-15/h5-7,10-11,13H,8-9H2,1-4H3,(H,18,20)/t11-,13+/m1/s1. The largest absolute Gasteiger partial charge is 0.471 e. The van der Waals surface area contributed by atoms with Gasteiger partial charge in [0.2, 0.25) is 17.7 Å². The number of carbonyl (C=O) groups is 2. The number of hydrogen-bond acceptors (Lipinski definition) is 4. The lowest BCUT2D eigenvalue weighted by Gasteiger charge is -2.35. The van der Waals surface area contributed by atoms with Crippen molar-refractivity contribution >= 4 is 17.5 Å². The molecular weight excluding hydrogens is 282 g/mol. The van der Waals surface area contributed by atoms with Crippen molar-refractivity contribution in [2.75, 3.05) is 11.4 Å². The molecule has 1 N–H and O–H groups in total. The molecule has 0 radical (unpaired) electrons. The van der Waals surface area contributed by atoms with E-state index in [1.54, 1.807) is 17.2 Å². The number of ether oxygens (including phenoxy) is 1. The maximum atomic E-state index is 12.9. The molecule has 1 aromatic rings. The third-order valence-electron chi connectivity index (χ3n) is 3.44. The minimum absolute atomic E-state index is 0.117. The van der Waals surface area contributed by atoms with E-state index in [9.17, 15) is 9.59 Å². The molecule has 0 fully saturated rings. The van der Waals surface area contributed by atoms with Crippen LogP contribution in [0.25, 0.3) is 0 Å². The Labute approximate surface area is 130 Å². The number of rotatable bonds is 4. The first kappa shape index (κ1) is 16.3. The third kappa shape index (κ3) is 3.75. The van der Waals surface area contributed by atoms with Gasteiger partial charge >= 0.3 is 0 Å². The van der Waals surface area contributed by atoms with Crippen molar-refractivity contribution in [3.8, 4) is 5.88 Å². The Bertz CT molecular complexity index is 559. The second kappa shape index (κ2) is 6.77. The maximum Gasteiger partial charge on any atom is 0.249 e. The van der Waals surface area contributed by atoms with Gasteiger partial charge in [-0.1, -0.05) is 13.8 Å². The minimum Gasteiger partial charge on any atom is -0.471 e. The monoisotopic (exact) mass is 305 g/mol. The number of pyridine rings is 1. The second-order valence-electron chi connectivity index (χ2n) is 6.09. The van der Waals surface area contributed by atoms with E-state index in [1.807, 2.05) is 26.8 Å². The predicted octanol–water partition coefficient (Wildman–Crippen LogP) is 1.75. The molecule has 1 aliphatic heterocycles. The molecule has 22 heavy (non-hydrogen) atoms. The van der Waals surface area contributed by atoms with Crippen molar-refractivity contribution < 1.29 is 14.3 Å². The fourth-order valence-electron chi connectivity index (χ4n) is 2.60. The Hall–Kier alpha value is -2.11. The Morgan fingerprint density at radius 3 is 2.86 bits per heavy atom. The van der Waals surface area contributed by atoms with Gasteiger partial charge in [-0.2, -0.15) is 0 Å². The topological polar surface area (TPSA) is 71.5 Å². The van der Waals surface area contributed by atoms with Gasteiger partial charge in [0, 0.05) is 13.1 Å². The zero-order valence-corrected chi connectivity index (χ0v) is 13.5. The molecule has 0 aliphatic carbocycles. The van der Waals surface area contributed by atoms with E-state index < -0.39 is 6.04 Å². The molecule has 2 rings (SSSR count). The predicted molar refractivity (Wildman–Crippen MR) is 83.7 cm³/mol. The second-order valence-corrected chi connectivity index (χ2v) is 6.09. The van der Waals surface area contributed by atoms with E-state index in [0.29, 0.717) is 30.5 Å². The molecule has 120 valence electrons. The van der Waals surface area contributed by atoms with Crippen LogP contribution in [0, 0.1) is 5.92 Å². The molecule has 0 saturated carbocycles. The average molecular weight is 305 g/mol. The highest BCUT2D eigenvalue weighted by Crippen LogP contribution is 2.31. The molecule has 2 atom stereocenters. The fourth-order valence-corrected chi connectivity index (χ4v) is 2.60. The number of fused-ring (bicyclic) bond motifs is 1. The summed E-state index contributed by atoms with van der Waals surface area (Å²) in [6.45, 7) is 7.83. The van der Waals surface area contributed by atoms with Crippen molar-refractivity contribution in [1.29, 1.82) is 0 Å². The van der Waals surface area contributed by atoms with Crippen LogP contribution in [0.5, 0.6) is 5.88 Å². The van der Waals surface area contributed by atoms with Gasteiger partial charge in [-0.3, -0.25) is 9.59 Å². The first-order valence-corrected chi connectivity index (χ1v) is 7.58. The number of aromatic nitrogens is 1. The van der Waals surface area contributed by atoms with Gasteiger partial charge in [0.15, 0.2) is 0 Å². The Balaban J connectivity index is 2.28. The molecule has 2 amide bonds. The van der Waals surface area contributed by atoms with Gasteiger partial charge in [-0.25, -0.2) is 4.98 Å². The minimum atomic E-state index is -0.532. The summed E-state index contributed by atoms with van der Waals surface area (Å²) in [5.41, 5.74) is 0.657. The Kier molecular flexibility index (Phi) is 5.00. The quantitative estimate of drug-likeness (QED) is 0.920. The number of anilines is 1. The van der Waals surface area contributed by atoms with Crippen LogP contribution < -0.4 is 15.0 Å². The van der Waals surface area contributed by atoms with E-state index >= 15 is 0 Å². The van der Waals surface area contributed by atoms with E-state index in [2.05, 4.69) is 10.3 Å². The molecule has 6 heteroatoms. The van der Waals surface area contributed by atoms with Gasteiger partial charge in [0.1, 0.15) is 17.8 Å². The zero-order valence-electron chi connectivity index (χ0n) is 13.5. The van der Waals surface area contributed by atoms with Crippen LogP contribution in [0.1, 0.15) is 34.1 Å². The van der Waals surface area contributed by atoms with Gasteiger partial charge in [-0.05, 0) is 31.4 Å². The van der Waals surface area contributed by atoms with Crippen molar-refractivity contribution in [3.63, 3.8) is 0 Å². The van der Waals surface area contributed by atoms with Crippen LogP contribution in [0.2, 0.25) is 0 Å². The molecule has 0 aromatic carbocycles.